The van der Waals surface area contributed by atoms with Gasteiger partial charge in [0.1, 0.15) is 5.75 Å². The molecule has 68 valence electrons. The maximum absolute atomic E-state index is 4.97. The summed E-state index contributed by atoms with van der Waals surface area (Å²) >= 11 is 0. The number of rotatable bonds is 4. The van der Waals surface area contributed by atoms with Crippen LogP contribution in [0.15, 0.2) is 30.3 Å². The summed E-state index contributed by atoms with van der Waals surface area (Å²) < 4.78 is 0. The highest BCUT2D eigenvalue weighted by Gasteiger charge is 1.87. The zero-order valence-electron chi connectivity index (χ0n) is 6.82. The van der Waals surface area contributed by atoms with Crippen molar-refractivity contribution in [2.75, 3.05) is 6.61 Å². The van der Waals surface area contributed by atoms with Gasteiger partial charge in [-0.3, -0.25) is 4.84 Å². The van der Waals surface area contributed by atoms with E-state index in [2.05, 4.69) is 5.64 Å². The normalized spacial score (nSPS) is 8.75. The highest BCUT2D eigenvalue weighted by Crippen LogP contribution is 2.05. The number of hydrogen-bond acceptors (Lipinski definition) is 3. The maximum atomic E-state index is 4.97. The van der Waals surface area contributed by atoms with Gasteiger partial charge in [0, 0.05) is 0 Å². The van der Waals surface area contributed by atoms with E-state index < -0.39 is 0 Å². The van der Waals surface area contributed by atoms with Crippen LogP contribution in [0.5, 0.6) is 5.75 Å². The summed E-state index contributed by atoms with van der Waals surface area (Å²) in [5.74, 6) is 0.737. The van der Waals surface area contributed by atoms with E-state index in [0.29, 0.717) is 6.61 Å². The van der Waals surface area contributed by atoms with E-state index in [1.54, 1.807) is 0 Å². The summed E-state index contributed by atoms with van der Waals surface area (Å²) in [6.07, 6.45) is 0. The third kappa shape index (κ3) is 4.18. The topological polar surface area (TPSA) is 30.5 Å². The molecule has 12 heavy (non-hydrogen) atoms. The zero-order chi connectivity index (χ0) is 7.94. The molecule has 1 rings (SSSR count). The fourth-order valence-electron chi connectivity index (χ4n) is 0.625. The van der Waals surface area contributed by atoms with Crippen molar-refractivity contribution in [2.45, 2.75) is 6.92 Å². The number of benzene rings is 1. The molecule has 0 unspecified atom stereocenters. The van der Waals surface area contributed by atoms with Gasteiger partial charge in [0.2, 0.25) is 0 Å². The van der Waals surface area contributed by atoms with Gasteiger partial charge in [-0.25, -0.2) is 0 Å². The smallest absolute Gasteiger partial charge is 0.150 e. The Morgan fingerprint density at radius 3 is 2.50 bits per heavy atom. The lowest BCUT2D eigenvalue weighted by Gasteiger charge is -2.04. The van der Waals surface area contributed by atoms with Gasteiger partial charge in [0.15, 0.2) is 0 Å². The molecule has 1 aromatic carbocycles. The monoisotopic (exact) mass is 189 g/mol. The summed E-state index contributed by atoms with van der Waals surface area (Å²) in [5.41, 5.74) is 2.35. The van der Waals surface area contributed by atoms with E-state index in [0.717, 1.165) is 5.75 Å². The molecule has 0 bridgehead atoms. The first-order valence-electron chi connectivity index (χ1n) is 3.52. The first-order valence-corrected chi connectivity index (χ1v) is 3.52. The highest BCUT2D eigenvalue weighted by atomic mass is 35.5. The second-order valence-corrected chi connectivity index (χ2v) is 1.93. The molecule has 0 spiro atoms. The van der Waals surface area contributed by atoms with E-state index in [1.807, 2.05) is 37.3 Å². The second kappa shape index (κ2) is 6.91. The number of nitrogens with one attached hydrogen (secondary N) is 1. The zero-order valence-corrected chi connectivity index (χ0v) is 7.64. The van der Waals surface area contributed by atoms with Crippen LogP contribution in [0.2, 0.25) is 0 Å². The molecule has 0 saturated carbocycles. The Hall–Kier alpha value is -0.770. The van der Waals surface area contributed by atoms with Crippen LogP contribution in [0, 0.1) is 0 Å². The number of hydrogen-bond donors (Lipinski definition) is 1. The van der Waals surface area contributed by atoms with Crippen LogP contribution in [0.1, 0.15) is 6.92 Å². The van der Waals surface area contributed by atoms with Gasteiger partial charge in [0.05, 0.1) is 6.61 Å². The average molecular weight is 190 g/mol. The SMILES string of the molecule is CCONOc1ccccc1.Cl. The van der Waals surface area contributed by atoms with Crippen molar-refractivity contribution in [1.82, 2.24) is 5.64 Å². The molecule has 0 aliphatic heterocycles. The standard InChI is InChI=1S/C8H11NO2.ClH/c1-2-10-9-11-8-6-4-3-5-7-8;/h3-7,9H,2H2,1H3;1H. The van der Waals surface area contributed by atoms with Crippen LogP contribution in [-0.4, -0.2) is 6.61 Å². The van der Waals surface area contributed by atoms with E-state index in [9.17, 15) is 0 Å². The van der Waals surface area contributed by atoms with E-state index in [4.69, 9.17) is 9.68 Å². The molecule has 1 aromatic rings. The van der Waals surface area contributed by atoms with Gasteiger partial charge in [0.25, 0.3) is 0 Å². The molecule has 4 heteroatoms. The highest BCUT2D eigenvalue weighted by molar-refractivity contribution is 5.85. The average Bonchev–Trinajstić information content (AvgIpc) is 2.07. The van der Waals surface area contributed by atoms with Crippen LogP contribution >= 0.6 is 12.4 Å². The van der Waals surface area contributed by atoms with Gasteiger partial charge in [-0.1, -0.05) is 18.2 Å². The Kier molecular flexibility index (Phi) is 6.47. The molecule has 0 amide bonds. The second-order valence-electron chi connectivity index (χ2n) is 1.93. The van der Waals surface area contributed by atoms with Gasteiger partial charge >= 0.3 is 0 Å². The third-order valence-corrected chi connectivity index (χ3v) is 1.11. The molecule has 0 saturated heterocycles. The predicted molar refractivity (Wildman–Crippen MR) is 49.1 cm³/mol. The Bertz CT molecular complexity index is 194. The van der Waals surface area contributed by atoms with E-state index >= 15 is 0 Å². The van der Waals surface area contributed by atoms with E-state index in [1.165, 1.54) is 0 Å². The number of para-hydroxylation sites is 1. The van der Waals surface area contributed by atoms with Crippen LogP contribution in [0.4, 0.5) is 0 Å². The quantitative estimate of drug-likeness (QED) is 0.580. The molecular formula is C8H12ClNO2. The van der Waals surface area contributed by atoms with Gasteiger partial charge in [-0.05, 0) is 24.7 Å². The third-order valence-electron chi connectivity index (χ3n) is 1.11. The maximum Gasteiger partial charge on any atom is 0.150 e. The molecule has 0 heterocycles. The van der Waals surface area contributed by atoms with Gasteiger partial charge in [-0.15, -0.1) is 12.4 Å². The summed E-state index contributed by atoms with van der Waals surface area (Å²) in [5, 5.41) is 0. The minimum atomic E-state index is 0. The van der Waals surface area contributed by atoms with Crippen molar-refractivity contribution < 1.29 is 9.68 Å². The van der Waals surface area contributed by atoms with Crippen molar-refractivity contribution in [3.63, 3.8) is 0 Å². The predicted octanol–water partition coefficient (Wildman–Crippen LogP) is 1.94. The first kappa shape index (κ1) is 11.2. The summed E-state index contributed by atoms with van der Waals surface area (Å²) in [6.45, 7) is 2.45. The van der Waals surface area contributed by atoms with Crippen molar-refractivity contribution in [1.29, 1.82) is 0 Å². The Morgan fingerprint density at radius 2 is 1.92 bits per heavy atom. The van der Waals surface area contributed by atoms with Crippen molar-refractivity contribution >= 4 is 12.4 Å². The molecule has 3 nitrogen and oxygen atoms in total. The summed E-state index contributed by atoms with van der Waals surface area (Å²) in [4.78, 5) is 9.74. The van der Waals surface area contributed by atoms with Crippen molar-refractivity contribution in [2.24, 2.45) is 0 Å². The molecule has 0 aliphatic carbocycles. The van der Waals surface area contributed by atoms with Crippen molar-refractivity contribution in [3.8, 4) is 5.75 Å². The van der Waals surface area contributed by atoms with Gasteiger partial charge < -0.3 is 4.84 Å². The fraction of sp³-hybridized carbons (Fsp3) is 0.250. The molecular weight excluding hydrogens is 178 g/mol. The van der Waals surface area contributed by atoms with Crippen LogP contribution < -0.4 is 10.5 Å². The van der Waals surface area contributed by atoms with Crippen LogP contribution in [0.3, 0.4) is 0 Å². The summed E-state index contributed by atoms with van der Waals surface area (Å²) in [7, 11) is 0. The van der Waals surface area contributed by atoms with Crippen LogP contribution in [0.25, 0.3) is 0 Å². The Labute approximate surface area is 78.0 Å². The molecule has 0 aromatic heterocycles. The largest absolute Gasteiger partial charge is 0.383 e. The minimum Gasteiger partial charge on any atom is -0.383 e. The molecule has 0 atom stereocenters. The van der Waals surface area contributed by atoms with Crippen molar-refractivity contribution in [3.05, 3.63) is 30.3 Å². The lowest BCUT2D eigenvalue weighted by molar-refractivity contribution is -0.102. The molecule has 1 N–H and O–H groups in total. The lowest BCUT2D eigenvalue weighted by Crippen LogP contribution is -2.18. The van der Waals surface area contributed by atoms with E-state index in [-0.39, 0.29) is 12.4 Å². The molecule has 0 fully saturated rings. The fourth-order valence-corrected chi connectivity index (χ4v) is 0.625. The Morgan fingerprint density at radius 1 is 1.25 bits per heavy atom. The lowest BCUT2D eigenvalue weighted by atomic mass is 10.3. The number of halogens is 1. The molecule has 0 aliphatic rings. The van der Waals surface area contributed by atoms with Gasteiger partial charge in [-0.2, -0.15) is 0 Å². The molecule has 0 radical (unpaired) electrons. The minimum absolute atomic E-state index is 0. The Balaban J connectivity index is 0.00000121. The summed E-state index contributed by atoms with van der Waals surface area (Å²) in [6, 6.07) is 9.39. The van der Waals surface area contributed by atoms with Crippen LogP contribution in [-0.2, 0) is 4.84 Å². The first-order chi connectivity index (χ1) is 5.43.